The molecule has 1 fully saturated rings. The Kier molecular flexibility index (Phi) is 9.70. The van der Waals surface area contributed by atoms with Crippen LogP contribution < -0.4 is 10.5 Å². The molecule has 2 aromatic carbocycles. The first kappa shape index (κ1) is 26.6. The second kappa shape index (κ2) is 12.0. The average Bonchev–Trinajstić information content (AvgIpc) is 3.20. The maximum Gasteiger partial charge on any atom is 0.170 e. The number of likely N-dealkylation sites (tertiary alicyclic amines) is 1. The number of halogens is 2. The van der Waals surface area contributed by atoms with E-state index in [9.17, 15) is 0 Å². The summed E-state index contributed by atoms with van der Waals surface area (Å²) in [5.74, 6) is 2.37. The first-order chi connectivity index (χ1) is 15.0. The van der Waals surface area contributed by atoms with Gasteiger partial charge in [-0.2, -0.15) is 0 Å². The number of aromatic amines is 1. The molecule has 1 saturated heterocycles. The highest BCUT2D eigenvalue weighted by molar-refractivity contribution is 7.98. The topological polar surface area (TPSA) is 124 Å². The van der Waals surface area contributed by atoms with Crippen LogP contribution in [0.15, 0.2) is 52.8 Å². The number of nitrogens with zero attached hydrogens (tertiary/aromatic N) is 3. The predicted molar refractivity (Wildman–Crippen MR) is 138 cm³/mol. The minimum atomic E-state index is 0. The van der Waals surface area contributed by atoms with Crippen LogP contribution in [-0.4, -0.2) is 50.9 Å². The summed E-state index contributed by atoms with van der Waals surface area (Å²) in [6.07, 6.45) is 2.09. The number of H-pyrrole nitrogens is 1. The van der Waals surface area contributed by atoms with Crippen molar-refractivity contribution in [1.82, 2.24) is 14.9 Å². The van der Waals surface area contributed by atoms with Gasteiger partial charge in [-0.1, -0.05) is 29.1 Å². The number of hydrogen-bond acceptors (Lipinski definition) is 6. The number of ether oxygens (including phenoxy) is 1. The number of amidine groups is 2. The van der Waals surface area contributed by atoms with E-state index in [1.54, 1.807) is 17.8 Å². The van der Waals surface area contributed by atoms with E-state index in [0.717, 1.165) is 53.6 Å². The van der Waals surface area contributed by atoms with E-state index in [1.165, 1.54) is 5.56 Å². The number of rotatable bonds is 6. The SMILES string of the molecule is CC(=N)N1CCC(Oc2ccc(CSc3nc4ccc(C(N)=NO)cc4[nH]3)cc2)CC1.Cl.Cl. The molecule has 0 saturated carbocycles. The average molecular weight is 511 g/mol. The van der Waals surface area contributed by atoms with Gasteiger partial charge in [-0.25, -0.2) is 4.98 Å². The van der Waals surface area contributed by atoms with E-state index >= 15 is 0 Å². The summed E-state index contributed by atoms with van der Waals surface area (Å²) >= 11 is 1.62. The summed E-state index contributed by atoms with van der Waals surface area (Å²) < 4.78 is 6.12. The summed E-state index contributed by atoms with van der Waals surface area (Å²) in [4.78, 5) is 9.96. The van der Waals surface area contributed by atoms with Crippen molar-refractivity contribution >= 4 is 59.3 Å². The molecule has 1 aromatic heterocycles. The molecule has 0 amide bonds. The molecule has 2 heterocycles. The lowest BCUT2D eigenvalue weighted by Crippen LogP contribution is -2.40. The van der Waals surface area contributed by atoms with Gasteiger partial charge in [-0.15, -0.1) is 24.8 Å². The molecule has 0 atom stereocenters. The standard InChI is InChI=1S/C22H26N6O2S.2ClH/c1-14(23)28-10-8-18(9-11-28)30-17-5-2-15(3-6-17)13-31-22-25-19-7-4-16(21(24)27-29)12-20(19)26-22;;/h2-7,12,18,23,29H,8-11,13H2,1H3,(H2,24,27)(H,25,26);2*1H. The van der Waals surface area contributed by atoms with Crippen molar-refractivity contribution in [2.75, 3.05) is 13.1 Å². The number of oxime groups is 1. The van der Waals surface area contributed by atoms with Crippen LogP contribution in [0.2, 0.25) is 0 Å². The smallest absolute Gasteiger partial charge is 0.170 e. The molecule has 1 aliphatic heterocycles. The Morgan fingerprint density at radius 1 is 1.24 bits per heavy atom. The summed E-state index contributed by atoms with van der Waals surface area (Å²) in [5, 5.41) is 20.4. The lowest BCUT2D eigenvalue weighted by Gasteiger charge is -2.32. The number of imidazole rings is 1. The third-order valence-electron chi connectivity index (χ3n) is 5.38. The van der Waals surface area contributed by atoms with Crippen LogP contribution in [0.4, 0.5) is 0 Å². The van der Waals surface area contributed by atoms with Gasteiger partial charge >= 0.3 is 0 Å². The largest absolute Gasteiger partial charge is 0.490 e. The van der Waals surface area contributed by atoms with Crippen molar-refractivity contribution in [3.8, 4) is 5.75 Å². The minimum Gasteiger partial charge on any atom is -0.490 e. The zero-order valence-electron chi connectivity index (χ0n) is 18.2. The number of nitrogens with two attached hydrogens (primary N) is 1. The fraction of sp³-hybridized carbons (Fsp3) is 0.318. The van der Waals surface area contributed by atoms with Crippen LogP contribution in [0.1, 0.15) is 30.9 Å². The monoisotopic (exact) mass is 510 g/mol. The molecule has 178 valence electrons. The zero-order chi connectivity index (χ0) is 21.8. The number of piperidine rings is 1. The predicted octanol–water partition coefficient (Wildman–Crippen LogP) is 4.63. The Morgan fingerprint density at radius 3 is 2.58 bits per heavy atom. The van der Waals surface area contributed by atoms with Crippen LogP contribution in [0.3, 0.4) is 0 Å². The molecule has 8 nitrogen and oxygen atoms in total. The maximum atomic E-state index is 8.83. The van der Waals surface area contributed by atoms with Crippen molar-refractivity contribution in [2.45, 2.75) is 36.8 Å². The van der Waals surface area contributed by atoms with Crippen LogP contribution in [0.5, 0.6) is 5.75 Å². The first-order valence-electron chi connectivity index (χ1n) is 10.2. The highest BCUT2D eigenvalue weighted by Gasteiger charge is 2.20. The Labute approximate surface area is 209 Å². The van der Waals surface area contributed by atoms with Gasteiger partial charge in [0, 0.05) is 37.2 Å². The van der Waals surface area contributed by atoms with E-state index in [-0.39, 0.29) is 36.8 Å². The third kappa shape index (κ3) is 6.69. The molecular weight excluding hydrogens is 483 g/mol. The number of thioether (sulfide) groups is 1. The van der Waals surface area contributed by atoms with Crippen molar-refractivity contribution in [2.24, 2.45) is 10.9 Å². The Bertz CT molecular complexity index is 1100. The molecule has 0 radical (unpaired) electrons. The number of nitrogens with one attached hydrogen (secondary N) is 2. The van der Waals surface area contributed by atoms with Gasteiger partial charge in [0.2, 0.25) is 0 Å². The molecule has 0 unspecified atom stereocenters. The van der Waals surface area contributed by atoms with E-state index < -0.39 is 0 Å². The fourth-order valence-electron chi connectivity index (χ4n) is 3.59. The van der Waals surface area contributed by atoms with Crippen molar-refractivity contribution < 1.29 is 9.94 Å². The Hall–Kier alpha value is -2.62. The summed E-state index contributed by atoms with van der Waals surface area (Å²) in [6.45, 7) is 3.60. The number of benzene rings is 2. The van der Waals surface area contributed by atoms with Gasteiger partial charge in [0.05, 0.1) is 16.9 Å². The number of fused-ring (bicyclic) bond motifs is 1. The van der Waals surface area contributed by atoms with Crippen LogP contribution >= 0.6 is 36.6 Å². The van der Waals surface area contributed by atoms with Crippen molar-refractivity contribution in [1.29, 1.82) is 5.41 Å². The third-order valence-corrected chi connectivity index (χ3v) is 6.33. The van der Waals surface area contributed by atoms with Gasteiger partial charge in [0.15, 0.2) is 11.0 Å². The Morgan fingerprint density at radius 2 is 1.94 bits per heavy atom. The van der Waals surface area contributed by atoms with Crippen LogP contribution in [-0.2, 0) is 5.75 Å². The highest BCUT2D eigenvalue weighted by atomic mass is 35.5. The molecule has 11 heteroatoms. The van der Waals surface area contributed by atoms with E-state index in [0.29, 0.717) is 11.4 Å². The maximum absolute atomic E-state index is 8.83. The van der Waals surface area contributed by atoms with E-state index in [4.69, 9.17) is 21.1 Å². The molecular formula is C22H28Cl2N6O2S. The van der Waals surface area contributed by atoms with Gasteiger partial charge in [0.1, 0.15) is 11.9 Å². The highest BCUT2D eigenvalue weighted by Crippen LogP contribution is 2.25. The van der Waals surface area contributed by atoms with Crippen LogP contribution in [0, 0.1) is 5.41 Å². The lowest BCUT2D eigenvalue weighted by molar-refractivity contribution is 0.130. The lowest BCUT2D eigenvalue weighted by atomic mass is 10.1. The number of hydrogen-bond donors (Lipinski definition) is 4. The van der Waals surface area contributed by atoms with Crippen molar-refractivity contribution in [3.63, 3.8) is 0 Å². The Balaban J connectivity index is 0.00000193. The summed E-state index contributed by atoms with van der Waals surface area (Å²) in [5.41, 5.74) is 9.17. The second-order valence-corrected chi connectivity index (χ2v) is 8.55. The van der Waals surface area contributed by atoms with Gasteiger partial charge < -0.3 is 25.6 Å². The molecule has 0 bridgehead atoms. The number of aromatic nitrogens is 2. The normalized spacial score (nSPS) is 14.5. The molecule has 0 aliphatic carbocycles. The van der Waals surface area contributed by atoms with E-state index in [1.807, 2.05) is 31.2 Å². The fourth-order valence-corrected chi connectivity index (χ4v) is 4.43. The molecule has 1 aliphatic rings. The van der Waals surface area contributed by atoms with Gasteiger partial charge in [0.25, 0.3) is 0 Å². The van der Waals surface area contributed by atoms with Crippen molar-refractivity contribution in [3.05, 3.63) is 53.6 Å². The zero-order valence-corrected chi connectivity index (χ0v) is 20.6. The van der Waals surface area contributed by atoms with Crippen LogP contribution in [0.25, 0.3) is 11.0 Å². The van der Waals surface area contributed by atoms with Gasteiger partial charge in [-0.3, -0.25) is 5.41 Å². The quantitative estimate of drug-likeness (QED) is 0.126. The summed E-state index contributed by atoms with van der Waals surface area (Å²) in [7, 11) is 0. The molecule has 5 N–H and O–H groups in total. The molecule has 4 rings (SSSR count). The van der Waals surface area contributed by atoms with E-state index in [2.05, 4.69) is 32.2 Å². The first-order valence-corrected chi connectivity index (χ1v) is 11.2. The minimum absolute atomic E-state index is 0. The van der Waals surface area contributed by atoms with Gasteiger partial charge in [-0.05, 0) is 42.8 Å². The molecule has 33 heavy (non-hydrogen) atoms. The summed E-state index contributed by atoms with van der Waals surface area (Å²) in [6, 6.07) is 13.7. The molecule has 3 aromatic rings. The second-order valence-electron chi connectivity index (χ2n) is 7.58. The molecule has 0 spiro atoms.